The van der Waals surface area contributed by atoms with E-state index in [4.69, 9.17) is 11.6 Å². The molecule has 0 atom stereocenters. The summed E-state index contributed by atoms with van der Waals surface area (Å²) < 4.78 is 13.5. The van der Waals surface area contributed by atoms with Gasteiger partial charge in [0.25, 0.3) is 0 Å². The molecule has 1 saturated heterocycles. The second kappa shape index (κ2) is 4.86. The van der Waals surface area contributed by atoms with Crippen molar-refractivity contribution in [3.05, 3.63) is 34.6 Å². The third-order valence-corrected chi connectivity index (χ3v) is 3.72. The molecule has 1 aliphatic heterocycles. The van der Waals surface area contributed by atoms with E-state index in [-0.39, 0.29) is 22.9 Å². The highest BCUT2D eigenvalue weighted by atomic mass is 35.5. The van der Waals surface area contributed by atoms with Gasteiger partial charge in [0, 0.05) is 10.6 Å². The summed E-state index contributed by atoms with van der Waals surface area (Å²) in [6.45, 7) is 2.50. The number of β-amino-alcohol motifs (C(OH)–C–C–N with tert-alkyl or cyclic N) is 1. The molecule has 1 aliphatic rings. The van der Waals surface area contributed by atoms with Crippen LogP contribution in [0.4, 0.5) is 4.39 Å². The van der Waals surface area contributed by atoms with Crippen LogP contribution >= 0.6 is 11.6 Å². The van der Waals surface area contributed by atoms with Crippen molar-refractivity contribution in [2.45, 2.75) is 25.4 Å². The van der Waals surface area contributed by atoms with Crippen molar-refractivity contribution in [2.24, 2.45) is 0 Å². The SMILES string of the molecule is CCC1(O)CN(C(=O)Cc2c(F)cccc2Cl)C1. The van der Waals surface area contributed by atoms with E-state index in [0.717, 1.165) is 0 Å². The molecule has 0 radical (unpaired) electrons. The maximum atomic E-state index is 13.5. The molecule has 0 unspecified atom stereocenters. The number of hydrogen-bond acceptors (Lipinski definition) is 2. The highest BCUT2D eigenvalue weighted by Gasteiger charge is 2.41. The lowest BCUT2D eigenvalue weighted by atomic mass is 9.91. The molecule has 1 aromatic carbocycles. The molecule has 1 fully saturated rings. The summed E-state index contributed by atoms with van der Waals surface area (Å²) in [4.78, 5) is 13.4. The van der Waals surface area contributed by atoms with E-state index in [1.807, 2.05) is 6.92 Å². The molecule has 98 valence electrons. The molecule has 1 heterocycles. The molecule has 3 nitrogen and oxygen atoms in total. The average Bonchev–Trinajstić information content (AvgIpc) is 2.29. The van der Waals surface area contributed by atoms with Crippen LogP contribution in [0.1, 0.15) is 18.9 Å². The Balaban J connectivity index is 2.01. The van der Waals surface area contributed by atoms with E-state index < -0.39 is 11.4 Å². The topological polar surface area (TPSA) is 40.5 Å². The number of aliphatic hydroxyl groups is 1. The Labute approximate surface area is 110 Å². The summed E-state index contributed by atoms with van der Waals surface area (Å²) in [5.41, 5.74) is -0.551. The smallest absolute Gasteiger partial charge is 0.227 e. The number of amides is 1. The summed E-state index contributed by atoms with van der Waals surface area (Å²) >= 11 is 5.86. The third-order valence-electron chi connectivity index (χ3n) is 3.37. The molecule has 0 saturated carbocycles. The molecule has 0 spiro atoms. The van der Waals surface area contributed by atoms with Gasteiger partial charge in [0.1, 0.15) is 5.82 Å². The maximum Gasteiger partial charge on any atom is 0.227 e. The zero-order chi connectivity index (χ0) is 13.3. The van der Waals surface area contributed by atoms with Crippen LogP contribution in [0.3, 0.4) is 0 Å². The molecule has 1 aromatic rings. The molecular weight excluding hydrogens is 257 g/mol. The number of carbonyl (C=O) groups is 1. The molecule has 18 heavy (non-hydrogen) atoms. The first-order valence-electron chi connectivity index (χ1n) is 5.88. The van der Waals surface area contributed by atoms with Crippen molar-refractivity contribution >= 4 is 17.5 Å². The Hall–Kier alpha value is -1.13. The summed E-state index contributed by atoms with van der Waals surface area (Å²) in [7, 11) is 0. The molecule has 1 N–H and O–H groups in total. The Bertz CT molecular complexity index is 452. The van der Waals surface area contributed by atoms with Crippen LogP contribution in [0.25, 0.3) is 0 Å². The molecular formula is C13H15ClFNO2. The van der Waals surface area contributed by atoms with Crippen molar-refractivity contribution in [3.63, 3.8) is 0 Å². The minimum atomic E-state index is -0.769. The quantitative estimate of drug-likeness (QED) is 0.914. The standard InChI is InChI=1S/C13H15ClFNO2/c1-2-13(18)7-16(8-13)12(17)6-9-10(14)4-3-5-11(9)15/h3-5,18H,2,6-8H2,1H3. The van der Waals surface area contributed by atoms with Gasteiger partial charge in [-0.25, -0.2) is 4.39 Å². The lowest BCUT2D eigenvalue weighted by molar-refractivity contribution is -0.155. The van der Waals surface area contributed by atoms with Gasteiger partial charge < -0.3 is 10.0 Å². The Morgan fingerprint density at radius 2 is 2.22 bits per heavy atom. The van der Waals surface area contributed by atoms with Crippen molar-refractivity contribution in [1.82, 2.24) is 4.90 Å². The van der Waals surface area contributed by atoms with Gasteiger partial charge in [-0.1, -0.05) is 24.6 Å². The fourth-order valence-corrected chi connectivity index (χ4v) is 2.26. The van der Waals surface area contributed by atoms with Crippen molar-refractivity contribution in [2.75, 3.05) is 13.1 Å². The van der Waals surface area contributed by atoms with Crippen LogP contribution in [0.5, 0.6) is 0 Å². The monoisotopic (exact) mass is 271 g/mol. The van der Waals surface area contributed by atoms with Crippen molar-refractivity contribution < 1.29 is 14.3 Å². The Morgan fingerprint density at radius 1 is 1.56 bits per heavy atom. The van der Waals surface area contributed by atoms with Gasteiger partial charge in [0.2, 0.25) is 5.91 Å². The number of benzene rings is 1. The number of rotatable bonds is 3. The van der Waals surface area contributed by atoms with E-state index in [2.05, 4.69) is 0 Å². The van der Waals surface area contributed by atoms with Crippen LogP contribution in [0.15, 0.2) is 18.2 Å². The second-order valence-electron chi connectivity index (χ2n) is 4.70. The van der Waals surface area contributed by atoms with Gasteiger partial charge >= 0.3 is 0 Å². The summed E-state index contributed by atoms with van der Waals surface area (Å²) in [6.07, 6.45) is 0.544. The minimum absolute atomic E-state index is 0.0642. The normalized spacial score (nSPS) is 17.4. The highest BCUT2D eigenvalue weighted by Crippen LogP contribution is 2.26. The number of halogens is 2. The van der Waals surface area contributed by atoms with E-state index in [0.29, 0.717) is 19.5 Å². The summed E-state index contributed by atoms with van der Waals surface area (Å²) in [5.74, 6) is -0.678. The Kier molecular flexibility index (Phi) is 3.59. The van der Waals surface area contributed by atoms with Crippen LogP contribution in [0, 0.1) is 5.82 Å². The molecule has 0 bridgehead atoms. The van der Waals surface area contributed by atoms with Gasteiger partial charge in [-0.15, -0.1) is 0 Å². The van der Waals surface area contributed by atoms with Gasteiger partial charge in [0.15, 0.2) is 0 Å². The van der Waals surface area contributed by atoms with Crippen LogP contribution in [-0.2, 0) is 11.2 Å². The van der Waals surface area contributed by atoms with Gasteiger partial charge in [-0.2, -0.15) is 0 Å². The predicted octanol–water partition coefficient (Wildman–Crippen LogP) is 2.00. The van der Waals surface area contributed by atoms with E-state index >= 15 is 0 Å². The first-order valence-corrected chi connectivity index (χ1v) is 6.26. The Morgan fingerprint density at radius 3 is 2.78 bits per heavy atom. The van der Waals surface area contributed by atoms with E-state index in [9.17, 15) is 14.3 Å². The average molecular weight is 272 g/mol. The van der Waals surface area contributed by atoms with Crippen LogP contribution in [-0.4, -0.2) is 34.6 Å². The van der Waals surface area contributed by atoms with E-state index in [1.54, 1.807) is 6.07 Å². The first-order chi connectivity index (χ1) is 8.45. The number of nitrogens with zero attached hydrogens (tertiary/aromatic N) is 1. The lowest BCUT2D eigenvalue weighted by Gasteiger charge is -2.46. The summed E-state index contributed by atoms with van der Waals surface area (Å²) in [5, 5.41) is 10.1. The molecule has 0 aliphatic carbocycles. The number of likely N-dealkylation sites (tertiary alicyclic amines) is 1. The second-order valence-corrected chi connectivity index (χ2v) is 5.11. The maximum absolute atomic E-state index is 13.5. The highest BCUT2D eigenvalue weighted by molar-refractivity contribution is 6.31. The van der Waals surface area contributed by atoms with Crippen molar-refractivity contribution in [1.29, 1.82) is 0 Å². The van der Waals surface area contributed by atoms with Gasteiger partial charge in [-0.05, 0) is 18.6 Å². The molecule has 0 aromatic heterocycles. The molecule has 5 heteroatoms. The zero-order valence-corrected chi connectivity index (χ0v) is 10.9. The molecule has 1 amide bonds. The summed E-state index contributed by atoms with van der Waals surface area (Å²) in [6, 6.07) is 4.35. The minimum Gasteiger partial charge on any atom is -0.386 e. The third kappa shape index (κ3) is 2.49. The first kappa shape index (κ1) is 13.3. The van der Waals surface area contributed by atoms with Gasteiger partial charge in [-0.3, -0.25) is 4.79 Å². The number of carbonyl (C=O) groups excluding carboxylic acids is 1. The fourth-order valence-electron chi connectivity index (χ4n) is 2.03. The number of hydrogen-bond donors (Lipinski definition) is 1. The lowest BCUT2D eigenvalue weighted by Crippen LogP contribution is -2.63. The van der Waals surface area contributed by atoms with Crippen molar-refractivity contribution in [3.8, 4) is 0 Å². The zero-order valence-electron chi connectivity index (χ0n) is 10.1. The van der Waals surface area contributed by atoms with E-state index in [1.165, 1.54) is 17.0 Å². The van der Waals surface area contributed by atoms with Crippen LogP contribution < -0.4 is 0 Å². The van der Waals surface area contributed by atoms with Gasteiger partial charge in [0.05, 0.1) is 25.1 Å². The fraction of sp³-hybridized carbons (Fsp3) is 0.462. The molecule has 2 rings (SSSR count). The van der Waals surface area contributed by atoms with Crippen LogP contribution in [0.2, 0.25) is 5.02 Å². The largest absolute Gasteiger partial charge is 0.386 e. The predicted molar refractivity (Wildman–Crippen MR) is 66.9 cm³/mol.